The van der Waals surface area contributed by atoms with Crippen LogP contribution >= 0.6 is 0 Å². The van der Waals surface area contributed by atoms with Crippen LogP contribution in [0.4, 0.5) is 5.69 Å². The highest BCUT2D eigenvalue weighted by molar-refractivity contribution is 5.51. The van der Waals surface area contributed by atoms with E-state index in [2.05, 4.69) is 28.2 Å². The fourth-order valence-electron chi connectivity index (χ4n) is 2.42. The summed E-state index contributed by atoms with van der Waals surface area (Å²) in [5.74, 6) is 0. The summed E-state index contributed by atoms with van der Waals surface area (Å²) in [6.07, 6.45) is 9.30. The summed E-state index contributed by atoms with van der Waals surface area (Å²) in [6.45, 7) is 6.48. The first-order valence-electron chi connectivity index (χ1n) is 6.80. The first-order chi connectivity index (χ1) is 8.42. The molecule has 0 unspecified atom stereocenters. The zero-order chi connectivity index (χ0) is 11.9. The highest BCUT2D eigenvalue weighted by Crippen LogP contribution is 2.22. The molecule has 1 aromatic rings. The van der Waals surface area contributed by atoms with Gasteiger partial charge < -0.3 is 10.2 Å². The van der Waals surface area contributed by atoms with Gasteiger partial charge in [0.25, 0.3) is 0 Å². The molecule has 1 saturated heterocycles. The molecule has 94 valence electrons. The first-order valence-corrected chi connectivity index (χ1v) is 6.80. The molecule has 0 radical (unpaired) electrons. The van der Waals surface area contributed by atoms with Crippen LogP contribution in [0.25, 0.3) is 0 Å². The SMILES string of the molecule is CCNCc1ccncc1N1CCCCCC1. The molecule has 3 nitrogen and oxygen atoms in total. The van der Waals surface area contributed by atoms with Gasteiger partial charge in [0.2, 0.25) is 0 Å². The van der Waals surface area contributed by atoms with Crippen LogP contribution in [0, 0.1) is 0 Å². The van der Waals surface area contributed by atoms with Gasteiger partial charge in [0.15, 0.2) is 0 Å². The maximum Gasteiger partial charge on any atom is 0.0598 e. The Morgan fingerprint density at radius 1 is 1.24 bits per heavy atom. The molecule has 0 atom stereocenters. The Hall–Kier alpha value is -1.09. The van der Waals surface area contributed by atoms with Crippen LogP contribution in [0.15, 0.2) is 18.5 Å². The molecule has 1 aliphatic rings. The van der Waals surface area contributed by atoms with Crippen molar-refractivity contribution in [2.75, 3.05) is 24.5 Å². The number of nitrogens with one attached hydrogen (secondary N) is 1. The van der Waals surface area contributed by atoms with Crippen molar-refractivity contribution in [2.45, 2.75) is 39.2 Å². The Bertz CT molecular complexity index is 330. The van der Waals surface area contributed by atoms with Gasteiger partial charge in [-0.2, -0.15) is 0 Å². The number of hydrogen-bond donors (Lipinski definition) is 1. The van der Waals surface area contributed by atoms with E-state index < -0.39 is 0 Å². The maximum absolute atomic E-state index is 4.29. The van der Waals surface area contributed by atoms with Crippen molar-refractivity contribution in [1.29, 1.82) is 0 Å². The number of nitrogens with zero attached hydrogens (tertiary/aromatic N) is 2. The minimum absolute atomic E-state index is 0.949. The molecule has 3 heteroatoms. The highest BCUT2D eigenvalue weighted by Gasteiger charge is 2.13. The van der Waals surface area contributed by atoms with Crippen molar-refractivity contribution in [3.8, 4) is 0 Å². The molecule has 0 saturated carbocycles. The van der Waals surface area contributed by atoms with Crippen LogP contribution < -0.4 is 10.2 Å². The second-order valence-corrected chi connectivity index (χ2v) is 4.69. The second-order valence-electron chi connectivity index (χ2n) is 4.69. The summed E-state index contributed by atoms with van der Waals surface area (Å²) in [5.41, 5.74) is 2.71. The fourth-order valence-corrected chi connectivity index (χ4v) is 2.42. The van der Waals surface area contributed by atoms with E-state index in [1.807, 2.05) is 12.4 Å². The third-order valence-corrected chi connectivity index (χ3v) is 3.40. The summed E-state index contributed by atoms with van der Waals surface area (Å²) in [6, 6.07) is 2.14. The molecule has 1 aromatic heterocycles. The van der Waals surface area contributed by atoms with Gasteiger partial charge in [-0.25, -0.2) is 0 Å². The molecule has 17 heavy (non-hydrogen) atoms. The molecular formula is C14H23N3. The molecule has 0 bridgehead atoms. The molecule has 1 N–H and O–H groups in total. The molecule has 0 aliphatic carbocycles. The fraction of sp³-hybridized carbons (Fsp3) is 0.643. The average molecular weight is 233 g/mol. The van der Waals surface area contributed by atoms with Crippen molar-refractivity contribution in [3.05, 3.63) is 24.0 Å². The summed E-state index contributed by atoms with van der Waals surface area (Å²) in [5, 5.41) is 3.41. The van der Waals surface area contributed by atoms with Crippen molar-refractivity contribution in [2.24, 2.45) is 0 Å². The molecule has 0 amide bonds. The largest absolute Gasteiger partial charge is 0.370 e. The van der Waals surface area contributed by atoms with Gasteiger partial charge in [0.05, 0.1) is 11.9 Å². The van der Waals surface area contributed by atoms with Crippen LogP contribution in [-0.4, -0.2) is 24.6 Å². The lowest BCUT2D eigenvalue weighted by atomic mass is 10.2. The molecule has 1 fully saturated rings. The van der Waals surface area contributed by atoms with E-state index >= 15 is 0 Å². The zero-order valence-electron chi connectivity index (χ0n) is 10.8. The first kappa shape index (κ1) is 12.4. The second kappa shape index (κ2) is 6.60. The van der Waals surface area contributed by atoms with E-state index in [4.69, 9.17) is 0 Å². The van der Waals surface area contributed by atoms with Gasteiger partial charge in [-0.1, -0.05) is 19.8 Å². The van der Waals surface area contributed by atoms with E-state index in [9.17, 15) is 0 Å². The van der Waals surface area contributed by atoms with Crippen LogP contribution in [-0.2, 0) is 6.54 Å². The van der Waals surface area contributed by atoms with Gasteiger partial charge >= 0.3 is 0 Å². The van der Waals surface area contributed by atoms with E-state index in [-0.39, 0.29) is 0 Å². The molecule has 2 rings (SSSR count). The lowest BCUT2D eigenvalue weighted by Crippen LogP contribution is -2.26. The van der Waals surface area contributed by atoms with Crippen molar-refractivity contribution in [1.82, 2.24) is 10.3 Å². The number of pyridine rings is 1. The van der Waals surface area contributed by atoms with Crippen LogP contribution in [0.1, 0.15) is 38.2 Å². The quantitative estimate of drug-likeness (QED) is 0.866. The van der Waals surface area contributed by atoms with Crippen molar-refractivity contribution >= 4 is 5.69 Å². The smallest absolute Gasteiger partial charge is 0.0598 e. The van der Waals surface area contributed by atoms with Gasteiger partial charge in [0.1, 0.15) is 0 Å². The molecule has 2 heterocycles. The van der Waals surface area contributed by atoms with Crippen LogP contribution in [0.3, 0.4) is 0 Å². The van der Waals surface area contributed by atoms with Crippen molar-refractivity contribution in [3.63, 3.8) is 0 Å². The van der Waals surface area contributed by atoms with Gasteiger partial charge in [-0.3, -0.25) is 4.98 Å². The number of anilines is 1. The topological polar surface area (TPSA) is 28.2 Å². The van der Waals surface area contributed by atoms with Gasteiger partial charge in [0, 0.05) is 25.8 Å². The van der Waals surface area contributed by atoms with Gasteiger partial charge in [-0.15, -0.1) is 0 Å². The van der Waals surface area contributed by atoms with E-state index in [1.165, 1.54) is 50.0 Å². The summed E-state index contributed by atoms with van der Waals surface area (Å²) in [7, 11) is 0. The summed E-state index contributed by atoms with van der Waals surface area (Å²) >= 11 is 0. The maximum atomic E-state index is 4.29. The van der Waals surface area contributed by atoms with E-state index in [0.717, 1.165) is 13.1 Å². The number of aromatic nitrogens is 1. The Morgan fingerprint density at radius 3 is 2.71 bits per heavy atom. The molecule has 0 aromatic carbocycles. The van der Waals surface area contributed by atoms with Crippen LogP contribution in [0.5, 0.6) is 0 Å². The lowest BCUT2D eigenvalue weighted by molar-refractivity contribution is 0.715. The Labute approximate surface area is 104 Å². The summed E-state index contributed by atoms with van der Waals surface area (Å²) in [4.78, 5) is 6.80. The summed E-state index contributed by atoms with van der Waals surface area (Å²) < 4.78 is 0. The molecular weight excluding hydrogens is 210 g/mol. The van der Waals surface area contributed by atoms with Crippen molar-refractivity contribution < 1.29 is 0 Å². The average Bonchev–Trinajstić information content (AvgIpc) is 2.65. The Balaban J connectivity index is 2.11. The monoisotopic (exact) mass is 233 g/mol. The highest BCUT2D eigenvalue weighted by atomic mass is 15.1. The minimum Gasteiger partial charge on any atom is -0.370 e. The Kier molecular flexibility index (Phi) is 4.80. The van der Waals surface area contributed by atoms with E-state index in [1.54, 1.807) is 0 Å². The van der Waals surface area contributed by atoms with Gasteiger partial charge in [-0.05, 0) is 31.0 Å². The predicted octanol–water partition coefficient (Wildman–Crippen LogP) is 2.57. The Morgan fingerprint density at radius 2 is 2.00 bits per heavy atom. The molecule has 0 spiro atoms. The third kappa shape index (κ3) is 3.43. The lowest BCUT2D eigenvalue weighted by Gasteiger charge is -2.25. The minimum atomic E-state index is 0.949. The standard InChI is InChI=1S/C14H23N3/c1-2-15-11-13-7-8-16-12-14(13)17-9-5-3-4-6-10-17/h7-8,12,15H,2-6,9-11H2,1H3. The normalized spacial score (nSPS) is 16.9. The van der Waals surface area contributed by atoms with E-state index in [0.29, 0.717) is 0 Å². The molecule has 1 aliphatic heterocycles. The number of rotatable bonds is 4. The third-order valence-electron chi connectivity index (χ3n) is 3.40. The number of hydrogen-bond acceptors (Lipinski definition) is 3. The van der Waals surface area contributed by atoms with Crippen LogP contribution in [0.2, 0.25) is 0 Å². The zero-order valence-corrected chi connectivity index (χ0v) is 10.8. The predicted molar refractivity (Wildman–Crippen MR) is 72.3 cm³/mol.